The quantitative estimate of drug-likeness (QED) is 0.552. The summed E-state index contributed by atoms with van der Waals surface area (Å²) in [6, 6.07) is 12.2. The van der Waals surface area contributed by atoms with Crippen LogP contribution < -0.4 is 0 Å². The number of sulfonamides is 1. The van der Waals surface area contributed by atoms with Gasteiger partial charge in [-0.2, -0.15) is 5.26 Å². The normalized spacial score (nSPS) is 11.2. The summed E-state index contributed by atoms with van der Waals surface area (Å²) in [7, 11) is -1.48. The van der Waals surface area contributed by atoms with Crippen molar-refractivity contribution in [3.8, 4) is 6.07 Å². The van der Waals surface area contributed by atoms with Gasteiger partial charge in [-0.1, -0.05) is 28.2 Å². The van der Waals surface area contributed by atoms with E-state index in [1.165, 1.54) is 26.3 Å². The molecule has 7 nitrogen and oxygen atoms in total. The zero-order valence-electron chi connectivity index (χ0n) is 14.0. The average molecular weight is 395 g/mol. The van der Waals surface area contributed by atoms with Gasteiger partial charge in [-0.3, -0.25) is 4.84 Å². The molecule has 0 aliphatic heterocycles. The summed E-state index contributed by atoms with van der Waals surface area (Å²) in [5.74, 6) is -0.767. The molecule has 0 unspecified atom stereocenters. The molecular weight excluding hydrogens is 380 g/mol. The van der Waals surface area contributed by atoms with Gasteiger partial charge in [-0.25, -0.2) is 13.2 Å². The third-order valence-electron chi connectivity index (χ3n) is 3.50. The number of benzene rings is 2. The second kappa shape index (κ2) is 8.29. The predicted molar refractivity (Wildman–Crippen MR) is 93.7 cm³/mol. The largest absolute Gasteiger partial charge is 0.457 e. The van der Waals surface area contributed by atoms with Gasteiger partial charge in [-0.15, -0.1) is 0 Å². The highest BCUT2D eigenvalue weighted by Gasteiger charge is 2.23. The van der Waals surface area contributed by atoms with Crippen molar-refractivity contribution >= 4 is 27.6 Å². The first kappa shape index (κ1) is 19.9. The number of nitriles is 1. The van der Waals surface area contributed by atoms with Gasteiger partial charge in [0, 0.05) is 7.05 Å². The molecule has 0 spiro atoms. The fourth-order valence-corrected chi connectivity index (χ4v) is 3.16. The Labute approximate surface area is 156 Å². The van der Waals surface area contributed by atoms with Gasteiger partial charge in [0.15, 0.2) is 0 Å². The molecule has 0 radical (unpaired) electrons. The number of carbonyl (C=O) groups is 1. The zero-order valence-corrected chi connectivity index (χ0v) is 15.5. The minimum absolute atomic E-state index is 0.0458. The third-order valence-corrected chi connectivity index (χ3v) is 5.51. The molecule has 2 aromatic rings. The average Bonchev–Trinajstić information content (AvgIpc) is 2.65. The Morgan fingerprint density at radius 1 is 1.23 bits per heavy atom. The monoisotopic (exact) mass is 394 g/mol. The van der Waals surface area contributed by atoms with Crippen molar-refractivity contribution in [2.45, 2.75) is 11.5 Å². The lowest BCUT2D eigenvalue weighted by molar-refractivity contribution is -0.0258. The van der Waals surface area contributed by atoms with Crippen molar-refractivity contribution in [3.05, 3.63) is 64.2 Å². The Kier molecular flexibility index (Phi) is 6.34. The van der Waals surface area contributed by atoms with Crippen LogP contribution in [0.1, 0.15) is 21.5 Å². The maximum Gasteiger partial charge on any atom is 0.340 e. The Morgan fingerprint density at radius 2 is 1.88 bits per heavy atom. The van der Waals surface area contributed by atoms with E-state index in [0.29, 0.717) is 15.6 Å². The molecule has 0 aliphatic carbocycles. The minimum Gasteiger partial charge on any atom is -0.457 e. The van der Waals surface area contributed by atoms with Crippen LogP contribution in [0, 0.1) is 11.3 Å². The summed E-state index contributed by atoms with van der Waals surface area (Å²) in [6.07, 6.45) is 0. The van der Waals surface area contributed by atoms with Crippen LogP contribution in [0.25, 0.3) is 0 Å². The van der Waals surface area contributed by atoms with Crippen molar-refractivity contribution < 1.29 is 22.8 Å². The lowest BCUT2D eigenvalue weighted by Gasteiger charge is -2.15. The van der Waals surface area contributed by atoms with E-state index in [-0.39, 0.29) is 22.1 Å². The van der Waals surface area contributed by atoms with E-state index < -0.39 is 16.0 Å². The summed E-state index contributed by atoms with van der Waals surface area (Å²) >= 11 is 6.00. The number of hydroxylamine groups is 1. The lowest BCUT2D eigenvalue weighted by atomic mass is 10.1. The molecule has 0 bridgehead atoms. The molecule has 0 fully saturated rings. The minimum atomic E-state index is -3.92. The van der Waals surface area contributed by atoms with Gasteiger partial charge in [-0.05, 0) is 35.9 Å². The molecule has 0 N–H and O–H groups in total. The molecule has 2 rings (SSSR count). The number of hydrogen-bond donors (Lipinski definition) is 0. The van der Waals surface area contributed by atoms with Crippen LogP contribution in [0.4, 0.5) is 0 Å². The Morgan fingerprint density at radius 3 is 2.46 bits per heavy atom. The Balaban J connectivity index is 2.20. The third kappa shape index (κ3) is 4.39. The van der Waals surface area contributed by atoms with Crippen molar-refractivity contribution in [2.75, 3.05) is 14.2 Å². The van der Waals surface area contributed by atoms with E-state index in [2.05, 4.69) is 0 Å². The molecule has 0 heterocycles. The number of hydrogen-bond acceptors (Lipinski definition) is 6. The van der Waals surface area contributed by atoms with Gasteiger partial charge in [0.1, 0.15) is 6.61 Å². The number of carbonyl (C=O) groups excluding carboxylic acids is 1. The van der Waals surface area contributed by atoms with Gasteiger partial charge in [0.2, 0.25) is 0 Å². The van der Waals surface area contributed by atoms with Crippen molar-refractivity contribution in [3.63, 3.8) is 0 Å². The van der Waals surface area contributed by atoms with E-state index in [0.717, 1.165) is 6.07 Å². The first-order chi connectivity index (χ1) is 12.3. The van der Waals surface area contributed by atoms with E-state index >= 15 is 0 Å². The van der Waals surface area contributed by atoms with Crippen LogP contribution >= 0.6 is 11.6 Å². The topological polar surface area (TPSA) is 96.7 Å². The molecule has 0 amide bonds. The lowest BCUT2D eigenvalue weighted by Crippen LogP contribution is -2.26. The van der Waals surface area contributed by atoms with E-state index in [1.807, 2.05) is 6.07 Å². The molecule has 0 saturated heterocycles. The number of nitrogens with zero attached hydrogens (tertiary/aromatic N) is 2. The number of rotatable bonds is 6. The molecule has 26 heavy (non-hydrogen) atoms. The van der Waals surface area contributed by atoms with Gasteiger partial charge >= 0.3 is 5.97 Å². The molecule has 9 heteroatoms. The predicted octanol–water partition coefficient (Wildman–Crippen LogP) is 2.75. The van der Waals surface area contributed by atoms with Gasteiger partial charge in [0.25, 0.3) is 10.0 Å². The second-order valence-corrected chi connectivity index (χ2v) is 7.47. The van der Waals surface area contributed by atoms with Crippen LogP contribution in [-0.4, -0.2) is 33.0 Å². The SMILES string of the molecule is CON(C)S(=O)(=O)c1ccc(Cl)c(C(=O)OCc2ccc(C#N)cc2)c1. The van der Waals surface area contributed by atoms with Crippen molar-refractivity contribution in [1.82, 2.24) is 4.47 Å². The molecule has 0 saturated carbocycles. The Hall–Kier alpha value is -2.44. The van der Waals surface area contributed by atoms with E-state index in [1.54, 1.807) is 24.3 Å². The molecule has 2 aromatic carbocycles. The smallest absolute Gasteiger partial charge is 0.340 e. The second-order valence-electron chi connectivity index (χ2n) is 5.12. The highest BCUT2D eigenvalue weighted by Crippen LogP contribution is 2.23. The fraction of sp³-hybridized carbons (Fsp3) is 0.176. The van der Waals surface area contributed by atoms with Gasteiger partial charge in [0.05, 0.1) is 34.2 Å². The van der Waals surface area contributed by atoms with E-state index in [4.69, 9.17) is 26.4 Å². The number of esters is 1. The van der Waals surface area contributed by atoms with Crippen LogP contribution in [0.15, 0.2) is 47.4 Å². The maximum atomic E-state index is 12.3. The Bertz CT molecular complexity index is 952. The van der Waals surface area contributed by atoms with Crippen LogP contribution in [-0.2, 0) is 26.2 Å². The molecule has 0 aromatic heterocycles. The van der Waals surface area contributed by atoms with Crippen molar-refractivity contribution in [2.24, 2.45) is 0 Å². The summed E-state index contributed by atoms with van der Waals surface area (Å²) in [5.41, 5.74) is 1.09. The summed E-state index contributed by atoms with van der Waals surface area (Å²) in [6.45, 7) is -0.0458. The first-order valence-corrected chi connectivity index (χ1v) is 9.10. The molecule has 0 aliphatic rings. The number of ether oxygens (including phenoxy) is 1. The highest BCUT2D eigenvalue weighted by molar-refractivity contribution is 7.89. The standard InChI is InChI=1S/C17H15ClN2O5S/c1-20(24-2)26(22,23)14-7-8-16(18)15(9-14)17(21)25-11-13-5-3-12(10-19)4-6-13/h3-9H,11H2,1-2H3. The molecular formula is C17H15ClN2O5S. The highest BCUT2D eigenvalue weighted by atomic mass is 35.5. The number of halogens is 1. The van der Waals surface area contributed by atoms with Crippen molar-refractivity contribution in [1.29, 1.82) is 5.26 Å². The first-order valence-electron chi connectivity index (χ1n) is 7.28. The van der Waals surface area contributed by atoms with Crippen LogP contribution in [0.2, 0.25) is 5.02 Å². The summed E-state index contributed by atoms with van der Waals surface area (Å²) in [4.78, 5) is 16.8. The van der Waals surface area contributed by atoms with Crippen LogP contribution in [0.5, 0.6) is 0 Å². The summed E-state index contributed by atoms with van der Waals surface area (Å²) < 4.78 is 30.4. The fourth-order valence-electron chi connectivity index (χ4n) is 1.97. The van der Waals surface area contributed by atoms with Gasteiger partial charge < -0.3 is 4.74 Å². The maximum absolute atomic E-state index is 12.3. The molecule has 0 atom stereocenters. The summed E-state index contributed by atoms with van der Waals surface area (Å²) in [5, 5.41) is 8.83. The van der Waals surface area contributed by atoms with E-state index in [9.17, 15) is 13.2 Å². The molecule has 136 valence electrons. The zero-order chi connectivity index (χ0) is 19.3. The van der Waals surface area contributed by atoms with Crippen LogP contribution in [0.3, 0.4) is 0 Å².